The number of rotatable bonds is 21. The van der Waals surface area contributed by atoms with Crippen LogP contribution in [0, 0.1) is 40.4 Å². The average molecular weight is 853 g/mol. The molecule has 10 atom stereocenters. The van der Waals surface area contributed by atoms with Gasteiger partial charge in [0.2, 0.25) is 23.6 Å². The molecule has 8 aliphatic rings. The van der Waals surface area contributed by atoms with Crippen molar-refractivity contribution in [2.75, 3.05) is 6.54 Å². The highest BCUT2D eigenvalue weighted by Gasteiger charge is 2.68. The van der Waals surface area contributed by atoms with Gasteiger partial charge in [0.25, 0.3) is 5.91 Å². The maximum Gasteiger partial charge on any atom is 0.497 e. The Bertz CT molecular complexity index is 1640. The predicted octanol–water partition coefficient (Wildman–Crippen LogP) is 1.54. The first-order valence-electron chi connectivity index (χ1n) is 23.0. The number of allylic oxidation sites excluding steroid dienone is 3. The second-order valence-electron chi connectivity index (χ2n) is 20.1. The Kier molecular flexibility index (Phi) is 15.1. The minimum atomic E-state index is -1.65. The smallest absolute Gasteiger partial charge is 0.403 e. The summed E-state index contributed by atoms with van der Waals surface area (Å²) in [5.41, 5.74) is 18.1. The lowest BCUT2D eigenvalue weighted by Crippen LogP contribution is -2.65. The average Bonchev–Trinajstić information content (AvgIpc) is 3.56. The molecule has 340 valence electrons. The summed E-state index contributed by atoms with van der Waals surface area (Å²) in [6.45, 7) is 10.2. The lowest BCUT2D eigenvalue weighted by molar-refractivity contribution is -0.199. The van der Waals surface area contributed by atoms with Gasteiger partial charge in [0.05, 0.1) is 17.8 Å². The molecule has 5 amide bonds. The number of carbonyl (C=O) groups is 5. The SMILES string of the molecule is CCC[C@H](NC(=O)/C=C/C=C/C12CC3CC(CC(C3)C1)C2)C(=O)N[C@H](C(=O)N[C@@H](N)C(=O)N[C@@H](CCCCCN)C(=O)N[C@@H](N)B1OC2C[C@@H]3C[C@@H](C3(C)C)[C@]2(C)O1)[C@@H](C)O. The normalized spacial score (nSPS) is 33.5. The third kappa shape index (κ3) is 10.7. The molecule has 8 fully saturated rings. The Morgan fingerprint density at radius 2 is 1.43 bits per heavy atom. The maximum absolute atomic E-state index is 13.6. The van der Waals surface area contributed by atoms with Crippen LogP contribution in [0.2, 0.25) is 0 Å². The lowest BCUT2D eigenvalue weighted by Gasteiger charge is -2.64. The Morgan fingerprint density at radius 1 is 0.787 bits per heavy atom. The molecule has 17 heteroatoms. The summed E-state index contributed by atoms with van der Waals surface area (Å²) in [5.74, 6) is -0.227. The fraction of sp³-hybridized carbons (Fsp3) is 0.795. The number of unbranched alkanes of at least 4 members (excludes halogenated alkanes) is 2. The minimum absolute atomic E-state index is 0.127. The van der Waals surface area contributed by atoms with E-state index < -0.39 is 78.7 Å². The summed E-state index contributed by atoms with van der Waals surface area (Å²) in [7, 11) is -0.878. The van der Waals surface area contributed by atoms with E-state index in [4.69, 9.17) is 26.5 Å². The molecule has 6 bridgehead atoms. The van der Waals surface area contributed by atoms with Gasteiger partial charge < -0.3 is 58.2 Å². The van der Waals surface area contributed by atoms with Gasteiger partial charge in [0.1, 0.15) is 24.2 Å². The first kappa shape index (κ1) is 47.1. The van der Waals surface area contributed by atoms with Crippen LogP contribution in [0.5, 0.6) is 0 Å². The van der Waals surface area contributed by atoms with Crippen molar-refractivity contribution in [1.82, 2.24) is 26.6 Å². The number of hydrogen-bond donors (Lipinski definition) is 9. The van der Waals surface area contributed by atoms with Crippen LogP contribution in [-0.2, 0) is 33.3 Å². The van der Waals surface area contributed by atoms with E-state index in [0.717, 1.165) is 37.0 Å². The van der Waals surface area contributed by atoms with Crippen LogP contribution in [-0.4, -0.2) is 96.5 Å². The molecule has 16 nitrogen and oxygen atoms in total. The molecule has 7 aliphatic carbocycles. The van der Waals surface area contributed by atoms with E-state index in [-0.39, 0.29) is 29.8 Å². The monoisotopic (exact) mass is 853 g/mol. The zero-order chi connectivity index (χ0) is 44.3. The van der Waals surface area contributed by atoms with E-state index in [1.165, 1.54) is 51.5 Å². The summed E-state index contributed by atoms with van der Waals surface area (Å²) < 4.78 is 12.7. The van der Waals surface area contributed by atoms with Gasteiger partial charge in [-0.2, -0.15) is 0 Å². The standard InChI is InChI=1S/C44H73BN8O8/c1-6-12-30(49-34(55)14-9-10-15-44-22-26-17-27(23-44)19-28(18-26)24-44)37(56)51-35(25(2)54)39(58)52-36(47)40(59)50-31(13-8-7-11-16-46)38(57)53-41(48)45-60-33-21-29-20-32(42(29,3)4)43(33,5)61-45/h9-10,14-15,25-33,35-36,41,54H,6-8,11-13,16-24,46-48H2,1-5H3,(H,49,55)(H,50,59)(H,51,56)(H,52,58)(H,53,57)/b14-9+,15-10+/t25-,26?,27?,28?,29+,30+,31+,32+,33?,35+,36-,41-,43+,44?/m1/s1. The number of aliphatic hydroxyl groups is 1. The van der Waals surface area contributed by atoms with Crippen molar-refractivity contribution in [1.29, 1.82) is 0 Å². The number of amides is 5. The molecule has 0 aromatic heterocycles. The van der Waals surface area contributed by atoms with Gasteiger partial charge in [-0.05, 0) is 131 Å². The van der Waals surface area contributed by atoms with E-state index in [9.17, 15) is 29.1 Å². The van der Waals surface area contributed by atoms with Gasteiger partial charge in [-0.15, -0.1) is 0 Å². The summed E-state index contributed by atoms with van der Waals surface area (Å²) in [6.07, 6.45) is 16.8. The predicted molar refractivity (Wildman–Crippen MR) is 231 cm³/mol. The quantitative estimate of drug-likeness (QED) is 0.0263. The van der Waals surface area contributed by atoms with E-state index in [2.05, 4.69) is 53.4 Å². The Balaban J connectivity index is 0.996. The van der Waals surface area contributed by atoms with Crippen molar-refractivity contribution in [3.8, 4) is 0 Å². The second-order valence-corrected chi connectivity index (χ2v) is 20.1. The minimum Gasteiger partial charge on any atom is -0.403 e. The molecule has 12 N–H and O–H groups in total. The number of nitrogens with two attached hydrogens (primary N) is 3. The van der Waals surface area contributed by atoms with Crippen molar-refractivity contribution in [3.05, 3.63) is 24.3 Å². The molecule has 0 aromatic rings. The second kappa shape index (κ2) is 19.6. The molecule has 0 spiro atoms. The van der Waals surface area contributed by atoms with Crippen LogP contribution in [0.15, 0.2) is 24.3 Å². The third-order valence-corrected chi connectivity index (χ3v) is 15.1. The van der Waals surface area contributed by atoms with Crippen LogP contribution in [0.3, 0.4) is 0 Å². The van der Waals surface area contributed by atoms with Crippen molar-refractivity contribution < 1.29 is 38.4 Å². The van der Waals surface area contributed by atoms with E-state index in [1.54, 1.807) is 6.08 Å². The van der Waals surface area contributed by atoms with Gasteiger partial charge in [0, 0.05) is 6.08 Å². The Hall–Kier alpha value is -3.35. The molecular formula is C44H73BN8O8. The highest BCUT2D eigenvalue weighted by Crippen LogP contribution is 2.66. The van der Waals surface area contributed by atoms with Gasteiger partial charge >= 0.3 is 7.12 Å². The third-order valence-electron chi connectivity index (χ3n) is 15.1. The molecule has 0 aromatic carbocycles. The summed E-state index contributed by atoms with van der Waals surface area (Å²) in [5, 5.41) is 23.5. The molecule has 1 saturated heterocycles. The molecule has 1 aliphatic heterocycles. The van der Waals surface area contributed by atoms with E-state index >= 15 is 0 Å². The van der Waals surface area contributed by atoms with Crippen molar-refractivity contribution in [2.24, 2.45) is 57.6 Å². The maximum atomic E-state index is 13.6. The van der Waals surface area contributed by atoms with Crippen LogP contribution < -0.4 is 43.8 Å². The van der Waals surface area contributed by atoms with E-state index in [1.807, 2.05) is 13.0 Å². The number of hydrogen-bond acceptors (Lipinski definition) is 11. The zero-order valence-corrected chi connectivity index (χ0v) is 37.0. The number of carbonyl (C=O) groups excluding carboxylic acids is 5. The van der Waals surface area contributed by atoms with Gasteiger partial charge in [0.15, 0.2) is 6.17 Å². The summed E-state index contributed by atoms with van der Waals surface area (Å²) >= 11 is 0. The molecule has 7 saturated carbocycles. The highest BCUT2D eigenvalue weighted by atomic mass is 16.7. The van der Waals surface area contributed by atoms with Crippen LogP contribution in [0.4, 0.5) is 0 Å². The molecule has 8 rings (SSSR count). The van der Waals surface area contributed by atoms with Crippen LogP contribution >= 0.6 is 0 Å². The number of aliphatic hydroxyl groups excluding tert-OH is 1. The van der Waals surface area contributed by atoms with Crippen LogP contribution in [0.1, 0.15) is 125 Å². The molecule has 1 heterocycles. The Labute approximate surface area is 362 Å². The van der Waals surface area contributed by atoms with Gasteiger partial charge in [-0.1, -0.05) is 58.3 Å². The van der Waals surface area contributed by atoms with E-state index in [0.29, 0.717) is 37.6 Å². The van der Waals surface area contributed by atoms with Gasteiger partial charge in [-0.25, -0.2) is 0 Å². The summed E-state index contributed by atoms with van der Waals surface area (Å²) in [6, 6.07) is -4.59. The lowest BCUT2D eigenvalue weighted by atomic mass is 9.43. The summed E-state index contributed by atoms with van der Waals surface area (Å²) in [4.78, 5) is 66.8. The van der Waals surface area contributed by atoms with Crippen molar-refractivity contribution in [2.45, 2.75) is 173 Å². The topological polar surface area (TPSA) is 262 Å². The zero-order valence-electron chi connectivity index (χ0n) is 37.0. The highest BCUT2D eigenvalue weighted by molar-refractivity contribution is 6.47. The van der Waals surface area contributed by atoms with Crippen molar-refractivity contribution in [3.63, 3.8) is 0 Å². The largest absolute Gasteiger partial charge is 0.497 e. The van der Waals surface area contributed by atoms with Crippen molar-refractivity contribution >= 4 is 36.7 Å². The van der Waals surface area contributed by atoms with Gasteiger partial charge in [-0.3, -0.25) is 24.0 Å². The Morgan fingerprint density at radius 3 is 2.03 bits per heavy atom. The molecule has 61 heavy (non-hydrogen) atoms. The molecular weight excluding hydrogens is 779 g/mol. The molecule has 0 radical (unpaired) electrons. The molecule has 1 unspecified atom stereocenters. The fourth-order valence-electron chi connectivity index (χ4n) is 12.1. The first-order valence-corrected chi connectivity index (χ1v) is 23.0. The first-order chi connectivity index (χ1) is 28.9. The number of nitrogens with one attached hydrogen (secondary N) is 5. The fourth-order valence-corrected chi connectivity index (χ4v) is 12.1. The van der Waals surface area contributed by atoms with Crippen LogP contribution in [0.25, 0.3) is 0 Å².